The van der Waals surface area contributed by atoms with Crippen LogP contribution < -0.4 is 19.5 Å². The molecule has 0 atom stereocenters. The van der Waals surface area contributed by atoms with E-state index in [1.807, 2.05) is 43.3 Å². The van der Waals surface area contributed by atoms with Gasteiger partial charge in [-0.2, -0.15) is 0 Å². The first-order valence-corrected chi connectivity index (χ1v) is 7.69. The molecule has 0 aliphatic rings. The van der Waals surface area contributed by atoms with Crippen molar-refractivity contribution in [1.82, 2.24) is 5.32 Å². The number of para-hydroxylation sites is 1. The third-order valence-electron chi connectivity index (χ3n) is 3.86. The number of benzene rings is 2. The van der Waals surface area contributed by atoms with E-state index >= 15 is 0 Å². The number of nitrogens with one attached hydrogen (secondary N) is 1. The van der Waals surface area contributed by atoms with Crippen LogP contribution in [0.1, 0.15) is 16.7 Å². The predicted octanol–water partition coefficient (Wildman–Crippen LogP) is 2.88. The maximum atomic E-state index is 12.3. The van der Waals surface area contributed by atoms with E-state index < -0.39 is 0 Å². The van der Waals surface area contributed by atoms with Crippen LogP contribution in [0.25, 0.3) is 0 Å². The van der Waals surface area contributed by atoms with Crippen molar-refractivity contribution < 1.29 is 19.0 Å². The molecule has 24 heavy (non-hydrogen) atoms. The monoisotopic (exact) mass is 329 g/mol. The van der Waals surface area contributed by atoms with Crippen molar-refractivity contribution >= 4 is 5.91 Å². The number of ether oxygens (including phenoxy) is 3. The van der Waals surface area contributed by atoms with Crippen molar-refractivity contribution in [2.24, 2.45) is 0 Å². The van der Waals surface area contributed by atoms with Crippen molar-refractivity contribution in [1.29, 1.82) is 0 Å². The minimum absolute atomic E-state index is 0.0590. The van der Waals surface area contributed by atoms with Crippen LogP contribution in [0.15, 0.2) is 36.4 Å². The summed E-state index contributed by atoms with van der Waals surface area (Å²) in [5.74, 6) is 1.99. The Labute approximate surface area is 142 Å². The van der Waals surface area contributed by atoms with E-state index in [9.17, 15) is 4.79 Å². The molecule has 0 saturated heterocycles. The van der Waals surface area contributed by atoms with E-state index in [1.165, 1.54) is 0 Å². The number of carbonyl (C=O) groups is 1. The van der Waals surface area contributed by atoms with Gasteiger partial charge in [-0.25, -0.2) is 0 Å². The van der Waals surface area contributed by atoms with Crippen molar-refractivity contribution in [2.75, 3.05) is 21.3 Å². The van der Waals surface area contributed by atoms with Gasteiger partial charge in [0.25, 0.3) is 0 Å². The summed E-state index contributed by atoms with van der Waals surface area (Å²) in [5, 5.41) is 2.92. The molecule has 0 spiro atoms. The number of rotatable bonds is 7. The summed E-state index contributed by atoms with van der Waals surface area (Å²) < 4.78 is 15.9. The largest absolute Gasteiger partial charge is 0.496 e. The molecule has 2 aromatic carbocycles. The van der Waals surface area contributed by atoms with Crippen LogP contribution in [0.4, 0.5) is 0 Å². The molecule has 0 aromatic heterocycles. The molecule has 5 heteroatoms. The Balaban J connectivity index is 2.04. The normalized spacial score (nSPS) is 10.2. The van der Waals surface area contributed by atoms with E-state index in [2.05, 4.69) is 5.32 Å². The molecule has 0 bridgehead atoms. The van der Waals surface area contributed by atoms with Crippen LogP contribution in [0.5, 0.6) is 17.2 Å². The number of hydrogen-bond acceptors (Lipinski definition) is 4. The average Bonchev–Trinajstić information content (AvgIpc) is 2.61. The standard InChI is InChI=1S/C19H23NO4/c1-13-9-17(23-3)18(24-4)10-15(13)11-19(21)20-12-14-7-5-6-8-16(14)22-2/h5-10H,11-12H2,1-4H3,(H,20,21). The van der Waals surface area contributed by atoms with E-state index in [4.69, 9.17) is 14.2 Å². The van der Waals surface area contributed by atoms with E-state index in [0.717, 1.165) is 22.4 Å². The fourth-order valence-electron chi connectivity index (χ4n) is 2.49. The molecule has 0 aliphatic heterocycles. The fourth-order valence-corrected chi connectivity index (χ4v) is 2.49. The minimum atomic E-state index is -0.0590. The zero-order chi connectivity index (χ0) is 17.5. The summed E-state index contributed by atoms with van der Waals surface area (Å²) in [6, 6.07) is 11.3. The van der Waals surface area contributed by atoms with Crippen molar-refractivity contribution in [3.63, 3.8) is 0 Å². The highest BCUT2D eigenvalue weighted by atomic mass is 16.5. The molecule has 2 aromatic rings. The summed E-state index contributed by atoms with van der Waals surface area (Å²) in [6.07, 6.45) is 0.279. The maximum absolute atomic E-state index is 12.3. The third kappa shape index (κ3) is 4.19. The van der Waals surface area contributed by atoms with Crippen LogP contribution in [0.3, 0.4) is 0 Å². The molecule has 0 fully saturated rings. The molecular formula is C19H23NO4. The molecular weight excluding hydrogens is 306 g/mol. The topological polar surface area (TPSA) is 56.8 Å². The van der Waals surface area contributed by atoms with Crippen molar-refractivity contribution in [2.45, 2.75) is 19.9 Å². The Kier molecular flexibility index (Phi) is 6.07. The Morgan fingerprint density at radius 2 is 1.54 bits per heavy atom. The molecule has 0 aliphatic carbocycles. The molecule has 0 unspecified atom stereocenters. The van der Waals surface area contributed by atoms with Gasteiger partial charge in [0, 0.05) is 12.1 Å². The van der Waals surface area contributed by atoms with E-state index in [0.29, 0.717) is 18.0 Å². The van der Waals surface area contributed by atoms with Gasteiger partial charge in [0.15, 0.2) is 11.5 Å². The molecule has 0 heterocycles. The number of carbonyl (C=O) groups excluding carboxylic acids is 1. The molecule has 1 amide bonds. The van der Waals surface area contributed by atoms with Gasteiger partial charge in [0.05, 0.1) is 27.8 Å². The Bertz CT molecular complexity index is 713. The smallest absolute Gasteiger partial charge is 0.224 e. The van der Waals surface area contributed by atoms with Crippen molar-refractivity contribution in [3.05, 3.63) is 53.1 Å². The minimum Gasteiger partial charge on any atom is -0.496 e. The highest BCUT2D eigenvalue weighted by Gasteiger charge is 2.12. The summed E-state index contributed by atoms with van der Waals surface area (Å²) in [6.45, 7) is 2.37. The van der Waals surface area contributed by atoms with Gasteiger partial charge < -0.3 is 19.5 Å². The lowest BCUT2D eigenvalue weighted by molar-refractivity contribution is -0.120. The lowest BCUT2D eigenvalue weighted by atomic mass is 10.0. The Hall–Kier alpha value is -2.69. The molecule has 0 radical (unpaired) electrons. The van der Waals surface area contributed by atoms with Gasteiger partial charge >= 0.3 is 0 Å². The molecule has 2 rings (SSSR count). The summed E-state index contributed by atoms with van der Waals surface area (Å²) in [4.78, 5) is 12.3. The van der Waals surface area contributed by atoms with Gasteiger partial charge in [-0.3, -0.25) is 4.79 Å². The van der Waals surface area contributed by atoms with Crippen molar-refractivity contribution in [3.8, 4) is 17.2 Å². The predicted molar refractivity (Wildman–Crippen MR) is 92.8 cm³/mol. The van der Waals surface area contributed by atoms with Crippen LogP contribution in [0, 0.1) is 6.92 Å². The highest BCUT2D eigenvalue weighted by Crippen LogP contribution is 2.30. The Morgan fingerprint density at radius 1 is 0.917 bits per heavy atom. The quantitative estimate of drug-likeness (QED) is 0.848. The zero-order valence-electron chi connectivity index (χ0n) is 14.5. The Morgan fingerprint density at radius 3 is 2.21 bits per heavy atom. The maximum Gasteiger partial charge on any atom is 0.224 e. The van der Waals surface area contributed by atoms with Crippen LogP contribution in [0.2, 0.25) is 0 Å². The summed E-state index contributed by atoms with van der Waals surface area (Å²) in [5.41, 5.74) is 2.84. The van der Waals surface area contributed by atoms with E-state index in [-0.39, 0.29) is 12.3 Å². The van der Waals surface area contributed by atoms with Gasteiger partial charge in [0.1, 0.15) is 5.75 Å². The lowest BCUT2D eigenvalue weighted by Gasteiger charge is -2.13. The first-order chi connectivity index (χ1) is 11.6. The van der Waals surface area contributed by atoms with Gasteiger partial charge in [-0.1, -0.05) is 18.2 Å². The first kappa shape index (κ1) is 17.7. The molecule has 5 nitrogen and oxygen atoms in total. The van der Waals surface area contributed by atoms with Gasteiger partial charge in [0.2, 0.25) is 5.91 Å². The van der Waals surface area contributed by atoms with Crippen LogP contribution >= 0.6 is 0 Å². The van der Waals surface area contributed by atoms with Crippen LogP contribution in [-0.2, 0) is 17.8 Å². The second-order valence-corrected chi connectivity index (χ2v) is 5.40. The zero-order valence-corrected chi connectivity index (χ0v) is 14.5. The highest BCUT2D eigenvalue weighted by molar-refractivity contribution is 5.79. The number of aryl methyl sites for hydroxylation is 1. The second kappa shape index (κ2) is 8.24. The van der Waals surface area contributed by atoms with Crippen LogP contribution in [-0.4, -0.2) is 27.2 Å². The third-order valence-corrected chi connectivity index (χ3v) is 3.86. The number of methoxy groups -OCH3 is 3. The molecule has 128 valence electrons. The van der Waals surface area contributed by atoms with Gasteiger partial charge in [-0.05, 0) is 36.2 Å². The molecule has 0 saturated carbocycles. The SMILES string of the molecule is COc1ccccc1CNC(=O)Cc1cc(OC)c(OC)cc1C. The lowest BCUT2D eigenvalue weighted by Crippen LogP contribution is -2.25. The molecule has 1 N–H and O–H groups in total. The fraction of sp³-hybridized carbons (Fsp3) is 0.316. The second-order valence-electron chi connectivity index (χ2n) is 5.40. The first-order valence-electron chi connectivity index (χ1n) is 7.69. The summed E-state index contributed by atoms with van der Waals surface area (Å²) in [7, 11) is 4.79. The van der Waals surface area contributed by atoms with E-state index in [1.54, 1.807) is 21.3 Å². The number of amides is 1. The average molecular weight is 329 g/mol. The number of hydrogen-bond donors (Lipinski definition) is 1. The van der Waals surface area contributed by atoms with Gasteiger partial charge in [-0.15, -0.1) is 0 Å². The summed E-state index contributed by atoms with van der Waals surface area (Å²) >= 11 is 0.